The van der Waals surface area contributed by atoms with Crippen molar-refractivity contribution in [3.8, 4) is 0 Å². The first-order valence-corrected chi connectivity index (χ1v) is 14.8. The molecule has 0 amide bonds. The lowest BCUT2D eigenvalue weighted by Gasteiger charge is -2.37. The van der Waals surface area contributed by atoms with Gasteiger partial charge in [-0.05, 0) is 87.4 Å². The molecule has 0 saturated heterocycles. The largest absolute Gasteiger partial charge is 0.332 e. The smallest absolute Gasteiger partial charge is 0.0719 e. The SMILES string of the molecule is C=NCc1ccccc1N1c2ccccc2C2C=CC3=C(c4ccccc4C34C3=C(CCC=C3)c3ccccc34)C21. The van der Waals surface area contributed by atoms with Crippen LogP contribution in [0.25, 0.3) is 11.1 Å². The van der Waals surface area contributed by atoms with E-state index < -0.39 is 0 Å². The Morgan fingerprint density at radius 2 is 1.46 bits per heavy atom. The molecule has 0 bridgehead atoms. The summed E-state index contributed by atoms with van der Waals surface area (Å²) in [5.41, 5.74) is 16.4. The number of allylic oxidation sites excluding steroid dienone is 6. The van der Waals surface area contributed by atoms with Crippen molar-refractivity contribution >= 4 is 29.2 Å². The van der Waals surface area contributed by atoms with Gasteiger partial charge in [0.25, 0.3) is 0 Å². The molecule has 196 valence electrons. The quantitative estimate of drug-likeness (QED) is 0.243. The van der Waals surface area contributed by atoms with Crippen LogP contribution in [0.4, 0.5) is 11.4 Å². The van der Waals surface area contributed by atoms with Crippen molar-refractivity contribution < 1.29 is 0 Å². The number of hydrogen-bond donors (Lipinski definition) is 0. The highest BCUT2D eigenvalue weighted by molar-refractivity contribution is 6.00. The Morgan fingerprint density at radius 1 is 0.756 bits per heavy atom. The van der Waals surface area contributed by atoms with Crippen molar-refractivity contribution in [1.82, 2.24) is 0 Å². The van der Waals surface area contributed by atoms with Crippen molar-refractivity contribution in [2.24, 2.45) is 4.99 Å². The van der Waals surface area contributed by atoms with E-state index in [-0.39, 0.29) is 17.4 Å². The maximum atomic E-state index is 4.31. The minimum absolute atomic E-state index is 0.156. The second-order valence-corrected chi connectivity index (χ2v) is 11.8. The van der Waals surface area contributed by atoms with Crippen LogP contribution in [0.2, 0.25) is 0 Å². The van der Waals surface area contributed by atoms with Gasteiger partial charge in [-0.2, -0.15) is 0 Å². The van der Waals surface area contributed by atoms with Crippen molar-refractivity contribution in [3.05, 3.63) is 166 Å². The average Bonchev–Trinajstić information content (AvgIpc) is 3.63. The molecule has 3 atom stereocenters. The summed E-state index contributed by atoms with van der Waals surface area (Å²) >= 11 is 0. The maximum Gasteiger partial charge on any atom is 0.0719 e. The van der Waals surface area contributed by atoms with Crippen molar-refractivity contribution in [2.75, 3.05) is 4.90 Å². The summed E-state index contributed by atoms with van der Waals surface area (Å²) in [4.78, 5) is 6.93. The Bertz CT molecular complexity index is 1920. The fourth-order valence-corrected chi connectivity index (χ4v) is 8.63. The normalized spacial score (nSPS) is 24.2. The van der Waals surface area contributed by atoms with E-state index in [9.17, 15) is 0 Å². The zero-order valence-corrected chi connectivity index (χ0v) is 22.9. The van der Waals surface area contributed by atoms with Crippen molar-refractivity contribution in [1.29, 1.82) is 0 Å². The number of anilines is 2. The molecule has 2 nitrogen and oxygen atoms in total. The van der Waals surface area contributed by atoms with Crippen LogP contribution < -0.4 is 4.90 Å². The molecule has 41 heavy (non-hydrogen) atoms. The van der Waals surface area contributed by atoms with Gasteiger partial charge in [0.1, 0.15) is 0 Å². The first-order chi connectivity index (χ1) is 20.3. The summed E-state index contributed by atoms with van der Waals surface area (Å²) in [6.45, 7) is 4.44. The number of benzene rings is 4. The number of nitrogens with zero attached hydrogens (tertiary/aromatic N) is 2. The topological polar surface area (TPSA) is 15.6 Å². The highest BCUT2D eigenvalue weighted by atomic mass is 15.2. The van der Waals surface area contributed by atoms with Gasteiger partial charge in [0.15, 0.2) is 0 Å². The second kappa shape index (κ2) is 8.41. The highest BCUT2D eigenvalue weighted by Crippen LogP contribution is 2.66. The number of aliphatic imine (C=N–C) groups is 1. The van der Waals surface area contributed by atoms with Crippen LogP contribution in [0.15, 0.2) is 138 Å². The lowest BCUT2D eigenvalue weighted by Crippen LogP contribution is -2.34. The van der Waals surface area contributed by atoms with Crippen LogP contribution in [-0.4, -0.2) is 12.8 Å². The summed E-state index contributed by atoms with van der Waals surface area (Å²) in [5.74, 6) is 0.268. The molecule has 0 N–H and O–H groups in total. The van der Waals surface area contributed by atoms with Crippen LogP contribution in [0, 0.1) is 0 Å². The Balaban J connectivity index is 1.37. The first kappa shape index (κ1) is 23.1. The number of hydrogen-bond acceptors (Lipinski definition) is 2. The lowest BCUT2D eigenvalue weighted by molar-refractivity contribution is 0.728. The van der Waals surface area contributed by atoms with Crippen LogP contribution in [0.5, 0.6) is 0 Å². The number of fused-ring (bicyclic) bond motifs is 12. The zero-order valence-electron chi connectivity index (χ0n) is 22.9. The molecule has 1 heterocycles. The van der Waals surface area contributed by atoms with E-state index in [0.717, 1.165) is 12.8 Å². The summed E-state index contributed by atoms with van der Waals surface area (Å²) in [6, 6.07) is 36.3. The average molecular weight is 527 g/mol. The van der Waals surface area contributed by atoms with Crippen LogP contribution in [0.3, 0.4) is 0 Å². The molecule has 0 radical (unpaired) electrons. The van der Waals surface area contributed by atoms with Crippen molar-refractivity contribution in [3.63, 3.8) is 0 Å². The number of rotatable bonds is 3. The van der Waals surface area contributed by atoms with Gasteiger partial charge >= 0.3 is 0 Å². The molecule has 4 aliphatic carbocycles. The molecular weight excluding hydrogens is 496 g/mol. The summed E-state index contributed by atoms with van der Waals surface area (Å²) < 4.78 is 0. The molecule has 0 fully saturated rings. The third-order valence-electron chi connectivity index (χ3n) is 10.0. The summed E-state index contributed by atoms with van der Waals surface area (Å²) in [6.07, 6.45) is 12.0. The Hall–Kier alpha value is -4.69. The molecule has 0 saturated carbocycles. The minimum atomic E-state index is -0.279. The van der Waals surface area contributed by atoms with Gasteiger partial charge < -0.3 is 4.90 Å². The van der Waals surface area contributed by atoms with E-state index in [1.165, 1.54) is 67.0 Å². The molecule has 0 aromatic heterocycles. The zero-order chi connectivity index (χ0) is 27.1. The maximum absolute atomic E-state index is 4.31. The Labute approximate surface area is 241 Å². The van der Waals surface area contributed by atoms with Gasteiger partial charge in [-0.15, -0.1) is 0 Å². The predicted molar refractivity (Wildman–Crippen MR) is 170 cm³/mol. The fourth-order valence-electron chi connectivity index (χ4n) is 8.63. The van der Waals surface area contributed by atoms with Gasteiger partial charge in [0, 0.05) is 17.3 Å². The lowest BCUT2D eigenvalue weighted by atomic mass is 9.67. The second-order valence-electron chi connectivity index (χ2n) is 11.8. The molecule has 5 aliphatic rings. The highest BCUT2D eigenvalue weighted by Gasteiger charge is 2.57. The fraction of sp³-hybridized carbons (Fsp3) is 0.154. The van der Waals surface area contributed by atoms with E-state index in [2.05, 4.69) is 138 Å². The third-order valence-corrected chi connectivity index (χ3v) is 10.0. The molecule has 2 heteroatoms. The predicted octanol–water partition coefficient (Wildman–Crippen LogP) is 8.93. The minimum Gasteiger partial charge on any atom is -0.332 e. The first-order valence-electron chi connectivity index (χ1n) is 14.8. The summed E-state index contributed by atoms with van der Waals surface area (Å²) in [7, 11) is 0. The van der Waals surface area contributed by atoms with E-state index in [0.29, 0.717) is 6.54 Å². The van der Waals surface area contributed by atoms with Gasteiger partial charge in [-0.1, -0.05) is 109 Å². The van der Waals surface area contributed by atoms with Crippen LogP contribution >= 0.6 is 0 Å². The third kappa shape index (κ3) is 2.80. The number of para-hydroxylation sites is 2. The van der Waals surface area contributed by atoms with E-state index in [1.54, 1.807) is 0 Å². The monoisotopic (exact) mass is 526 g/mol. The van der Waals surface area contributed by atoms with Crippen molar-refractivity contribution in [2.45, 2.75) is 36.8 Å². The molecule has 1 spiro atoms. The van der Waals surface area contributed by atoms with Crippen LogP contribution in [0.1, 0.15) is 52.1 Å². The molecule has 9 rings (SSSR count). The molecule has 3 unspecified atom stereocenters. The van der Waals surface area contributed by atoms with Gasteiger partial charge in [-0.25, -0.2) is 0 Å². The van der Waals surface area contributed by atoms with E-state index in [4.69, 9.17) is 0 Å². The van der Waals surface area contributed by atoms with Gasteiger partial charge in [0.2, 0.25) is 0 Å². The summed E-state index contributed by atoms with van der Waals surface area (Å²) in [5, 5.41) is 0. The van der Waals surface area contributed by atoms with Gasteiger partial charge in [-0.3, -0.25) is 4.99 Å². The van der Waals surface area contributed by atoms with E-state index >= 15 is 0 Å². The molecule has 4 aromatic carbocycles. The van der Waals surface area contributed by atoms with Gasteiger partial charge in [0.05, 0.1) is 18.0 Å². The standard InChI is InChI=1S/C39H30N2/c1-40-24-25-12-2-10-20-35(25)41-36-21-11-6-15-28(36)29-22-23-34-37(38(29)41)30-16-5-9-19-33(30)39(34)31-17-7-3-13-26(31)27-14-4-8-18-32(27)39/h2-3,5-13,15-23,29,38H,1,4,14,24H2. The molecular formula is C39H30N2. The molecule has 1 aliphatic heterocycles. The molecule has 4 aromatic rings. The Morgan fingerprint density at radius 3 is 2.32 bits per heavy atom. The van der Waals surface area contributed by atoms with Crippen LogP contribution in [-0.2, 0) is 12.0 Å². The van der Waals surface area contributed by atoms with E-state index in [1.807, 2.05) is 0 Å². The Kier molecular flexibility index (Phi) is 4.73.